The van der Waals surface area contributed by atoms with Crippen molar-refractivity contribution in [3.8, 4) is 0 Å². The van der Waals surface area contributed by atoms with Crippen LogP contribution >= 0.6 is 0 Å². The Morgan fingerprint density at radius 2 is 1.54 bits per heavy atom. The van der Waals surface area contributed by atoms with E-state index >= 15 is 0 Å². The van der Waals surface area contributed by atoms with Crippen LogP contribution in [0.5, 0.6) is 0 Å². The van der Waals surface area contributed by atoms with Crippen molar-refractivity contribution in [3.05, 3.63) is 35.9 Å². The molecule has 294 valence electrons. The molecule has 0 aromatic heterocycles. The van der Waals surface area contributed by atoms with Gasteiger partial charge in [0.15, 0.2) is 5.78 Å². The summed E-state index contributed by atoms with van der Waals surface area (Å²) in [6.45, 7) is 16.5. The Hall–Kier alpha value is -3.44. The van der Waals surface area contributed by atoms with E-state index in [9.17, 15) is 19.2 Å². The zero-order valence-corrected chi connectivity index (χ0v) is 33.6. The topological polar surface area (TPSA) is 151 Å². The first kappa shape index (κ1) is 46.6. The summed E-state index contributed by atoms with van der Waals surface area (Å²) in [5.74, 6) is -1.12. The number of ketones is 1. The molecule has 2 N–H and O–H groups in total. The van der Waals surface area contributed by atoms with Crippen molar-refractivity contribution in [2.75, 3.05) is 34.9 Å². The molecule has 1 aromatic carbocycles. The van der Waals surface area contributed by atoms with Crippen LogP contribution in [0.15, 0.2) is 30.3 Å². The number of ether oxygens (including phenoxy) is 2. The Morgan fingerprint density at radius 1 is 0.942 bits per heavy atom. The van der Waals surface area contributed by atoms with Crippen molar-refractivity contribution in [2.45, 2.75) is 124 Å². The van der Waals surface area contributed by atoms with E-state index in [1.165, 1.54) is 0 Å². The molecule has 1 heterocycles. The quantitative estimate of drug-likeness (QED) is 0.190. The molecule has 12 heteroatoms. The smallest absolute Gasteiger partial charge is 0.373 e. The van der Waals surface area contributed by atoms with Gasteiger partial charge in [-0.25, -0.2) is 0 Å². The first-order chi connectivity index (χ1) is 24.5. The van der Waals surface area contributed by atoms with E-state index < -0.39 is 24.0 Å². The number of Topliss-reactive ketones (excluding diaryl/α,β-unsaturated/α-hetero) is 1. The molecule has 12 nitrogen and oxygen atoms in total. The third kappa shape index (κ3) is 13.2. The van der Waals surface area contributed by atoms with Crippen molar-refractivity contribution < 1.29 is 38.2 Å². The maximum Gasteiger partial charge on any atom is 0.373 e. The number of likely N-dealkylation sites (N-methyl/N-ethyl adjacent to an activating group) is 2. The van der Waals surface area contributed by atoms with Crippen molar-refractivity contribution >= 4 is 29.7 Å². The predicted molar refractivity (Wildman–Crippen MR) is 200 cm³/mol. The fraction of sp³-hybridized carbons (Fsp3) is 0.725. The summed E-state index contributed by atoms with van der Waals surface area (Å²) in [4.78, 5) is 74.3. The van der Waals surface area contributed by atoms with Gasteiger partial charge in [-0.3, -0.25) is 19.2 Å². The van der Waals surface area contributed by atoms with Gasteiger partial charge >= 0.3 is 6.15 Å². The summed E-state index contributed by atoms with van der Waals surface area (Å²) >= 11 is 0. The molecule has 1 aliphatic rings. The van der Waals surface area contributed by atoms with Gasteiger partial charge in [0.25, 0.3) is 0 Å². The van der Waals surface area contributed by atoms with Gasteiger partial charge in [-0.05, 0) is 50.1 Å². The number of hydrogen-bond donors (Lipinski definition) is 2. The largest absolute Gasteiger partial charge is 0.379 e. The highest BCUT2D eigenvalue weighted by molar-refractivity contribution is 5.90. The summed E-state index contributed by atoms with van der Waals surface area (Å²) < 4.78 is 11.9. The van der Waals surface area contributed by atoms with Crippen LogP contribution in [0.3, 0.4) is 0 Å². The highest BCUT2D eigenvalue weighted by Crippen LogP contribution is 2.31. The van der Waals surface area contributed by atoms with E-state index in [0.717, 1.165) is 24.8 Å². The molecule has 1 unspecified atom stereocenters. The molecule has 1 aliphatic heterocycles. The fourth-order valence-corrected chi connectivity index (χ4v) is 7.39. The fourth-order valence-electron chi connectivity index (χ4n) is 7.39. The van der Waals surface area contributed by atoms with E-state index in [1.807, 2.05) is 71.9 Å². The average molecular weight is 731 g/mol. The van der Waals surface area contributed by atoms with Gasteiger partial charge in [0.05, 0.1) is 42.7 Å². The third-order valence-corrected chi connectivity index (χ3v) is 10.7. The SMILES string of the molecule is CCC(C)[C@@H]([C@@H](CC(=O)N1CC[C@H]1[C@H](OC)[C@@H](C)C(=O)N[C@H](C)Cc1ccccc1)OC)N(C)C(=O)[C@@H](CC(=O)[C@@H](NC)C(C)C)C(C)C.O=C=O. The highest BCUT2D eigenvalue weighted by atomic mass is 16.5. The molecule has 52 heavy (non-hydrogen) atoms. The van der Waals surface area contributed by atoms with E-state index in [4.69, 9.17) is 19.1 Å². The summed E-state index contributed by atoms with van der Waals surface area (Å²) in [7, 11) is 6.74. The number of nitrogens with zero attached hydrogens (tertiary/aromatic N) is 2. The second-order valence-electron chi connectivity index (χ2n) is 14.9. The molecule has 2 rings (SSSR count). The molecule has 0 spiro atoms. The molecule has 0 radical (unpaired) electrons. The number of hydrogen-bond acceptors (Lipinski definition) is 9. The van der Waals surface area contributed by atoms with Gasteiger partial charge in [0.1, 0.15) is 0 Å². The first-order valence-electron chi connectivity index (χ1n) is 18.7. The number of nitrogens with one attached hydrogen (secondary N) is 2. The second kappa shape index (κ2) is 23.3. The Morgan fingerprint density at radius 3 is 1.98 bits per heavy atom. The number of rotatable bonds is 21. The molecular weight excluding hydrogens is 664 g/mol. The maximum atomic E-state index is 14.1. The lowest BCUT2D eigenvalue weighted by molar-refractivity contribution is -0.191. The first-order valence-corrected chi connectivity index (χ1v) is 18.7. The molecule has 3 amide bonds. The minimum atomic E-state index is -0.553. The molecule has 1 aromatic rings. The van der Waals surface area contributed by atoms with Crippen LogP contribution in [-0.4, -0.2) is 111 Å². The van der Waals surface area contributed by atoms with Crippen molar-refractivity contribution in [3.63, 3.8) is 0 Å². The van der Waals surface area contributed by atoms with E-state index in [0.29, 0.717) is 6.54 Å². The minimum Gasteiger partial charge on any atom is -0.379 e. The molecule has 0 bridgehead atoms. The van der Waals surface area contributed by atoms with Crippen molar-refractivity contribution in [2.24, 2.45) is 29.6 Å². The molecule has 1 saturated heterocycles. The molecule has 1 fully saturated rings. The lowest BCUT2D eigenvalue weighted by Crippen LogP contribution is -2.61. The van der Waals surface area contributed by atoms with E-state index in [2.05, 4.69) is 24.5 Å². The standard InChI is InChI=1S/C39H66N4O6.CO2/c1-13-26(6)36(42(10)39(47)30(24(2)3)22-32(44)35(40-9)25(4)5)33(48-11)23-34(45)43-20-19-31(43)37(49-12)28(8)38(46)41-27(7)21-29-17-15-14-16-18-29;2-1-3/h14-18,24-28,30-31,33,35-37,40H,13,19-23H2,1-12H3,(H,41,46);/t26?,27-,28-,30+,31+,33-,35+,36+,37-;/m1./s1. The lowest BCUT2D eigenvalue weighted by Gasteiger charge is -2.47. The number of carbonyl (C=O) groups is 4. The third-order valence-electron chi connectivity index (χ3n) is 10.7. The lowest BCUT2D eigenvalue weighted by atomic mass is 9.83. The normalized spacial score (nSPS) is 18.7. The number of amides is 3. The van der Waals surface area contributed by atoms with Gasteiger partial charge in [-0.15, -0.1) is 0 Å². The number of likely N-dealkylation sites (tertiary alicyclic amines) is 1. The summed E-state index contributed by atoms with van der Waals surface area (Å²) in [6, 6.07) is 9.06. The highest BCUT2D eigenvalue weighted by Gasteiger charge is 2.44. The average Bonchev–Trinajstić information content (AvgIpc) is 3.08. The summed E-state index contributed by atoms with van der Waals surface area (Å²) in [5, 5.41) is 6.24. The molecule has 0 aliphatic carbocycles. The second-order valence-corrected chi connectivity index (χ2v) is 14.9. The van der Waals surface area contributed by atoms with E-state index in [-0.39, 0.29) is 84.4 Å². The van der Waals surface area contributed by atoms with Crippen LogP contribution in [0.25, 0.3) is 0 Å². The van der Waals surface area contributed by atoms with Crippen LogP contribution in [0, 0.1) is 29.6 Å². The van der Waals surface area contributed by atoms with Crippen LogP contribution < -0.4 is 10.6 Å². The van der Waals surface area contributed by atoms with Crippen molar-refractivity contribution in [1.82, 2.24) is 20.4 Å². The minimum absolute atomic E-state index is 0.0293. The Balaban J connectivity index is 0.00000434. The van der Waals surface area contributed by atoms with Crippen LogP contribution in [0.4, 0.5) is 0 Å². The van der Waals surface area contributed by atoms with Gasteiger partial charge < -0.3 is 29.9 Å². The summed E-state index contributed by atoms with van der Waals surface area (Å²) in [6.07, 6.45) is 1.71. The zero-order valence-electron chi connectivity index (χ0n) is 33.6. The molecule has 9 atom stereocenters. The maximum absolute atomic E-state index is 14.1. The Labute approximate surface area is 312 Å². The molecule has 0 saturated carbocycles. The van der Waals surface area contributed by atoms with E-state index in [1.54, 1.807) is 38.1 Å². The van der Waals surface area contributed by atoms with Gasteiger partial charge in [0, 0.05) is 46.2 Å². The van der Waals surface area contributed by atoms with Gasteiger partial charge in [0.2, 0.25) is 17.7 Å². The zero-order chi connectivity index (χ0) is 39.7. The number of benzene rings is 1. The van der Waals surface area contributed by atoms with Gasteiger partial charge in [-0.2, -0.15) is 9.59 Å². The number of methoxy groups -OCH3 is 2. The monoisotopic (exact) mass is 730 g/mol. The van der Waals surface area contributed by atoms with Crippen LogP contribution in [0.2, 0.25) is 0 Å². The number of carbonyl (C=O) groups excluding carboxylic acids is 6. The predicted octanol–water partition coefficient (Wildman–Crippen LogP) is 4.16. The van der Waals surface area contributed by atoms with Crippen molar-refractivity contribution in [1.29, 1.82) is 0 Å². The summed E-state index contributed by atoms with van der Waals surface area (Å²) in [5.41, 5.74) is 1.15. The van der Waals surface area contributed by atoms with Crippen LogP contribution in [-0.2, 0) is 44.7 Å². The molecular formula is C40H66N4O8. The van der Waals surface area contributed by atoms with Gasteiger partial charge in [-0.1, -0.05) is 85.2 Å². The Kier molecular flexibility index (Phi) is 20.8. The van der Waals surface area contributed by atoms with Crippen LogP contribution in [0.1, 0.15) is 86.6 Å². The Bertz CT molecular complexity index is 1290.